The number of aromatic nitrogens is 1. The number of hydrogen-bond donors (Lipinski definition) is 1. The number of nitrogens with zero attached hydrogens (tertiary/aromatic N) is 3. The molecular formula is C28H27N3O4. The van der Waals surface area contributed by atoms with Gasteiger partial charge in [0.05, 0.1) is 11.6 Å². The van der Waals surface area contributed by atoms with Crippen LogP contribution in [0.2, 0.25) is 0 Å². The van der Waals surface area contributed by atoms with E-state index in [1.165, 1.54) is 4.90 Å². The minimum Gasteiger partial charge on any atom is -0.507 e. The third kappa shape index (κ3) is 4.14. The standard InChI is InChI=1S/C28H27N3O4/c1-17-13-21-14-20(8-11-23(21)35-17)26(32)24-25(19-6-9-22(10-7-19)30(2)3)31(28(34)27(24)33)16-18-5-4-12-29-15-18/h4-12,14-15,17,25,32H,13,16H2,1-3H3/b26-24+/t17-,25+/m0/s1. The van der Waals surface area contributed by atoms with Crippen molar-refractivity contribution < 1.29 is 19.4 Å². The Morgan fingerprint density at radius 1 is 1.14 bits per heavy atom. The van der Waals surface area contributed by atoms with Crippen molar-refractivity contribution in [3.63, 3.8) is 0 Å². The summed E-state index contributed by atoms with van der Waals surface area (Å²) >= 11 is 0. The molecule has 2 aliphatic heterocycles. The highest BCUT2D eigenvalue weighted by atomic mass is 16.5. The minimum atomic E-state index is -0.727. The predicted molar refractivity (Wildman–Crippen MR) is 133 cm³/mol. The Balaban J connectivity index is 1.62. The molecule has 1 N–H and O–H groups in total. The summed E-state index contributed by atoms with van der Waals surface area (Å²) in [6.07, 6.45) is 4.12. The molecule has 35 heavy (non-hydrogen) atoms. The van der Waals surface area contributed by atoms with E-state index in [4.69, 9.17) is 4.74 Å². The SMILES string of the molecule is C[C@H]1Cc2cc(/C(O)=C3\C(=O)C(=O)N(Cc4cccnc4)[C@@H]3c3ccc(N(C)C)cc3)ccc2O1. The lowest BCUT2D eigenvalue weighted by atomic mass is 9.94. The van der Waals surface area contributed by atoms with E-state index in [0.717, 1.165) is 34.5 Å². The molecule has 0 radical (unpaired) electrons. The van der Waals surface area contributed by atoms with Crippen LogP contribution in [0.4, 0.5) is 5.69 Å². The molecule has 1 fully saturated rings. The van der Waals surface area contributed by atoms with Gasteiger partial charge in [-0.2, -0.15) is 0 Å². The molecule has 3 heterocycles. The molecule has 178 valence electrons. The van der Waals surface area contributed by atoms with E-state index in [2.05, 4.69) is 4.98 Å². The molecule has 7 heteroatoms. The van der Waals surface area contributed by atoms with Crippen LogP contribution in [0.5, 0.6) is 5.75 Å². The number of likely N-dealkylation sites (tertiary alicyclic amines) is 1. The molecule has 0 aliphatic carbocycles. The first-order valence-corrected chi connectivity index (χ1v) is 11.6. The Bertz CT molecular complexity index is 1320. The lowest BCUT2D eigenvalue weighted by molar-refractivity contribution is -0.140. The maximum atomic E-state index is 13.3. The fourth-order valence-electron chi connectivity index (χ4n) is 4.76. The van der Waals surface area contributed by atoms with E-state index >= 15 is 0 Å². The van der Waals surface area contributed by atoms with Crippen LogP contribution >= 0.6 is 0 Å². The van der Waals surface area contributed by atoms with Gasteiger partial charge in [-0.1, -0.05) is 18.2 Å². The van der Waals surface area contributed by atoms with Gasteiger partial charge in [-0.05, 0) is 60.0 Å². The second-order valence-electron chi connectivity index (χ2n) is 9.23. The average Bonchev–Trinajstić information content (AvgIpc) is 3.35. The highest BCUT2D eigenvalue weighted by Crippen LogP contribution is 2.41. The molecule has 0 bridgehead atoms. The molecule has 0 unspecified atom stereocenters. The number of aliphatic hydroxyl groups excluding tert-OH is 1. The second-order valence-corrected chi connectivity index (χ2v) is 9.23. The fraction of sp³-hybridized carbons (Fsp3) is 0.250. The lowest BCUT2D eigenvalue weighted by Gasteiger charge is -2.26. The van der Waals surface area contributed by atoms with E-state index in [0.29, 0.717) is 5.56 Å². The molecule has 5 rings (SSSR count). The second kappa shape index (κ2) is 8.91. The molecule has 2 aromatic carbocycles. The van der Waals surface area contributed by atoms with E-state index in [-0.39, 0.29) is 24.0 Å². The Kier molecular flexibility index (Phi) is 5.76. The van der Waals surface area contributed by atoms with Gasteiger partial charge in [-0.15, -0.1) is 0 Å². The maximum Gasteiger partial charge on any atom is 0.295 e. The van der Waals surface area contributed by atoms with Gasteiger partial charge < -0.3 is 19.6 Å². The lowest BCUT2D eigenvalue weighted by Crippen LogP contribution is -2.29. The number of aliphatic hydroxyl groups is 1. The summed E-state index contributed by atoms with van der Waals surface area (Å²) in [6.45, 7) is 2.19. The normalized spacial score (nSPS) is 20.6. The van der Waals surface area contributed by atoms with Gasteiger partial charge in [0.2, 0.25) is 0 Å². The van der Waals surface area contributed by atoms with Crippen LogP contribution in [0.3, 0.4) is 0 Å². The van der Waals surface area contributed by atoms with Crippen molar-refractivity contribution in [1.82, 2.24) is 9.88 Å². The predicted octanol–water partition coefficient (Wildman–Crippen LogP) is 4.09. The number of carbonyl (C=O) groups excluding carboxylic acids is 2. The molecule has 7 nitrogen and oxygen atoms in total. The first-order valence-electron chi connectivity index (χ1n) is 11.6. The highest BCUT2D eigenvalue weighted by Gasteiger charge is 2.46. The zero-order valence-corrected chi connectivity index (χ0v) is 19.9. The van der Waals surface area contributed by atoms with E-state index < -0.39 is 17.7 Å². The smallest absolute Gasteiger partial charge is 0.295 e. The number of carbonyl (C=O) groups is 2. The summed E-state index contributed by atoms with van der Waals surface area (Å²) in [7, 11) is 3.89. The van der Waals surface area contributed by atoms with Crippen molar-refractivity contribution in [3.05, 3.63) is 94.8 Å². The molecule has 1 amide bonds. The third-order valence-electron chi connectivity index (χ3n) is 6.51. The van der Waals surface area contributed by atoms with Crippen molar-refractivity contribution in [2.24, 2.45) is 0 Å². The fourth-order valence-corrected chi connectivity index (χ4v) is 4.76. The number of amides is 1. The number of pyridine rings is 1. The Hall–Kier alpha value is -4.13. The van der Waals surface area contributed by atoms with Gasteiger partial charge in [0.1, 0.15) is 17.6 Å². The van der Waals surface area contributed by atoms with Crippen LogP contribution in [0.15, 0.2) is 72.6 Å². The first kappa shape index (κ1) is 22.7. The largest absolute Gasteiger partial charge is 0.507 e. The number of hydrogen-bond acceptors (Lipinski definition) is 6. The molecule has 1 aromatic heterocycles. The van der Waals surface area contributed by atoms with Crippen molar-refractivity contribution in [3.8, 4) is 5.75 Å². The van der Waals surface area contributed by atoms with Crippen molar-refractivity contribution in [1.29, 1.82) is 0 Å². The van der Waals surface area contributed by atoms with Crippen LogP contribution in [0.1, 0.15) is 35.2 Å². The summed E-state index contributed by atoms with van der Waals surface area (Å²) in [5.74, 6) is -0.739. The summed E-state index contributed by atoms with van der Waals surface area (Å²) < 4.78 is 5.77. The van der Waals surface area contributed by atoms with Crippen molar-refractivity contribution in [2.75, 3.05) is 19.0 Å². The quantitative estimate of drug-likeness (QED) is 0.344. The van der Waals surface area contributed by atoms with Gasteiger partial charge >= 0.3 is 0 Å². The average molecular weight is 470 g/mol. The van der Waals surface area contributed by atoms with Gasteiger partial charge in [0.15, 0.2) is 0 Å². The minimum absolute atomic E-state index is 0.0580. The van der Waals surface area contributed by atoms with Gasteiger partial charge in [0.25, 0.3) is 11.7 Å². The van der Waals surface area contributed by atoms with Crippen molar-refractivity contribution in [2.45, 2.75) is 32.0 Å². The van der Waals surface area contributed by atoms with Gasteiger partial charge in [-0.25, -0.2) is 0 Å². The molecule has 3 aromatic rings. The maximum absolute atomic E-state index is 13.3. The number of ether oxygens (including phenoxy) is 1. The Morgan fingerprint density at radius 3 is 2.60 bits per heavy atom. The Labute approximate surface area is 204 Å². The zero-order chi connectivity index (χ0) is 24.7. The van der Waals surface area contributed by atoms with Crippen LogP contribution in [0, 0.1) is 0 Å². The van der Waals surface area contributed by atoms with Crippen molar-refractivity contribution >= 4 is 23.1 Å². The third-order valence-corrected chi connectivity index (χ3v) is 6.51. The number of anilines is 1. The van der Waals surface area contributed by atoms with Crippen LogP contribution in [-0.2, 0) is 22.6 Å². The molecule has 1 saturated heterocycles. The summed E-state index contributed by atoms with van der Waals surface area (Å²) in [5.41, 5.74) is 4.09. The van der Waals surface area contributed by atoms with Crippen LogP contribution < -0.4 is 9.64 Å². The number of benzene rings is 2. The number of rotatable bonds is 5. The summed E-state index contributed by atoms with van der Waals surface area (Å²) in [4.78, 5) is 34.2. The van der Waals surface area contributed by atoms with E-state index in [1.807, 2.05) is 62.3 Å². The van der Waals surface area contributed by atoms with Crippen LogP contribution in [-0.4, -0.2) is 46.9 Å². The topological polar surface area (TPSA) is 83.0 Å². The molecule has 2 atom stereocenters. The monoisotopic (exact) mass is 469 g/mol. The molecular weight excluding hydrogens is 442 g/mol. The highest BCUT2D eigenvalue weighted by molar-refractivity contribution is 6.46. The summed E-state index contributed by atoms with van der Waals surface area (Å²) in [5, 5.41) is 11.4. The first-order chi connectivity index (χ1) is 16.8. The van der Waals surface area contributed by atoms with Gasteiger partial charge in [0, 0.05) is 50.7 Å². The van der Waals surface area contributed by atoms with Crippen LogP contribution in [0.25, 0.3) is 5.76 Å². The molecule has 2 aliphatic rings. The zero-order valence-electron chi connectivity index (χ0n) is 19.9. The van der Waals surface area contributed by atoms with Gasteiger partial charge in [-0.3, -0.25) is 14.6 Å². The Morgan fingerprint density at radius 2 is 1.91 bits per heavy atom. The number of fused-ring (bicyclic) bond motifs is 1. The summed E-state index contributed by atoms with van der Waals surface area (Å²) in [6, 6.07) is 16.0. The van der Waals surface area contributed by atoms with E-state index in [1.54, 1.807) is 30.6 Å². The number of Topliss-reactive ketones (excluding diaryl/α,β-unsaturated/α-hetero) is 1. The molecule has 0 spiro atoms. The van der Waals surface area contributed by atoms with E-state index in [9.17, 15) is 14.7 Å². The number of ketones is 1. The molecule has 0 saturated carbocycles.